The van der Waals surface area contributed by atoms with Crippen LogP contribution in [0, 0.1) is 0 Å². The molecule has 0 aliphatic rings. The Morgan fingerprint density at radius 2 is 1.71 bits per heavy atom. The fraction of sp³-hybridized carbons (Fsp3) is 0.125. The molecule has 2 aromatic rings. The van der Waals surface area contributed by atoms with Crippen molar-refractivity contribution in [2.75, 3.05) is 11.9 Å². The van der Waals surface area contributed by atoms with Gasteiger partial charge >= 0.3 is 0 Å². The zero-order valence-electron chi connectivity index (χ0n) is 11.5. The zero-order chi connectivity index (χ0) is 15.2. The quantitative estimate of drug-likeness (QED) is 0.776. The average Bonchev–Trinajstić information content (AvgIpc) is 2.48. The van der Waals surface area contributed by atoms with E-state index in [1.165, 1.54) is 0 Å². The Morgan fingerprint density at radius 3 is 2.43 bits per heavy atom. The van der Waals surface area contributed by atoms with Gasteiger partial charge in [0.05, 0.1) is 0 Å². The highest BCUT2D eigenvalue weighted by molar-refractivity contribution is 6.05. The monoisotopic (exact) mass is 283 g/mol. The van der Waals surface area contributed by atoms with Crippen molar-refractivity contribution in [3.8, 4) is 0 Å². The number of hydrogen-bond donors (Lipinski definition) is 3. The van der Waals surface area contributed by atoms with Gasteiger partial charge in [0, 0.05) is 16.8 Å². The van der Waals surface area contributed by atoms with Crippen LogP contribution in [0.4, 0.5) is 5.69 Å². The molecule has 2 aromatic carbocycles. The van der Waals surface area contributed by atoms with E-state index >= 15 is 0 Å². The van der Waals surface area contributed by atoms with E-state index in [9.17, 15) is 9.59 Å². The molecule has 2 amide bonds. The Labute approximate surface area is 123 Å². The number of anilines is 1. The molecule has 2 rings (SSSR count). The van der Waals surface area contributed by atoms with E-state index in [4.69, 9.17) is 11.5 Å². The molecular formula is C16H17N3O2. The number of nitrogens with one attached hydrogen (secondary N) is 1. The second-order valence-corrected chi connectivity index (χ2v) is 4.64. The first-order valence-electron chi connectivity index (χ1n) is 6.60. The molecule has 0 bridgehead atoms. The molecule has 108 valence electrons. The van der Waals surface area contributed by atoms with E-state index in [-0.39, 0.29) is 5.91 Å². The SMILES string of the molecule is NCCc1cccc(C(=O)Nc2cccc(C(N)=O)c2)c1. The Balaban J connectivity index is 2.16. The molecule has 0 radical (unpaired) electrons. The molecule has 5 heteroatoms. The molecule has 5 N–H and O–H groups in total. The van der Waals surface area contributed by atoms with Crippen molar-refractivity contribution in [1.82, 2.24) is 0 Å². The molecule has 0 aromatic heterocycles. The van der Waals surface area contributed by atoms with Gasteiger partial charge in [-0.2, -0.15) is 0 Å². The standard InChI is InChI=1S/C16H17N3O2/c17-8-7-11-3-1-5-13(9-11)16(21)19-14-6-2-4-12(10-14)15(18)20/h1-6,9-10H,7-8,17H2,(H2,18,20)(H,19,21). The molecule has 21 heavy (non-hydrogen) atoms. The van der Waals surface area contributed by atoms with Crippen LogP contribution in [0.3, 0.4) is 0 Å². The third kappa shape index (κ3) is 3.90. The van der Waals surface area contributed by atoms with Crippen LogP contribution in [-0.2, 0) is 6.42 Å². The smallest absolute Gasteiger partial charge is 0.255 e. The van der Waals surface area contributed by atoms with E-state index in [1.54, 1.807) is 36.4 Å². The predicted molar refractivity (Wildman–Crippen MR) is 82.1 cm³/mol. The van der Waals surface area contributed by atoms with Crippen molar-refractivity contribution in [3.05, 3.63) is 65.2 Å². The van der Waals surface area contributed by atoms with Crippen LogP contribution in [0.2, 0.25) is 0 Å². The zero-order valence-corrected chi connectivity index (χ0v) is 11.5. The van der Waals surface area contributed by atoms with Gasteiger partial charge in [-0.1, -0.05) is 18.2 Å². The van der Waals surface area contributed by atoms with Crippen molar-refractivity contribution >= 4 is 17.5 Å². The number of rotatable bonds is 5. The summed E-state index contributed by atoms with van der Waals surface area (Å²) in [5.41, 5.74) is 13.2. The van der Waals surface area contributed by atoms with Gasteiger partial charge in [0.2, 0.25) is 5.91 Å². The summed E-state index contributed by atoms with van der Waals surface area (Å²) in [6.07, 6.45) is 0.721. The summed E-state index contributed by atoms with van der Waals surface area (Å²) in [5.74, 6) is -0.772. The first-order chi connectivity index (χ1) is 10.1. The summed E-state index contributed by atoms with van der Waals surface area (Å²) in [4.78, 5) is 23.3. The number of hydrogen-bond acceptors (Lipinski definition) is 3. The number of amides is 2. The maximum atomic E-state index is 12.2. The summed E-state index contributed by atoms with van der Waals surface area (Å²) in [6.45, 7) is 0.533. The van der Waals surface area contributed by atoms with Crippen LogP contribution in [-0.4, -0.2) is 18.4 Å². The molecule has 0 aliphatic carbocycles. The fourth-order valence-electron chi connectivity index (χ4n) is 1.99. The molecule has 5 nitrogen and oxygen atoms in total. The van der Waals surface area contributed by atoms with Crippen LogP contribution < -0.4 is 16.8 Å². The van der Waals surface area contributed by atoms with Crippen LogP contribution in [0.5, 0.6) is 0 Å². The third-order valence-corrected chi connectivity index (χ3v) is 3.03. The van der Waals surface area contributed by atoms with Crippen molar-refractivity contribution in [1.29, 1.82) is 0 Å². The summed E-state index contributed by atoms with van der Waals surface area (Å²) in [5, 5.41) is 2.74. The molecule has 0 saturated carbocycles. The molecule has 0 saturated heterocycles. The second kappa shape index (κ2) is 6.67. The lowest BCUT2D eigenvalue weighted by molar-refractivity contribution is 0.0996. The van der Waals surface area contributed by atoms with Gasteiger partial charge in [0.1, 0.15) is 0 Å². The molecular weight excluding hydrogens is 266 g/mol. The van der Waals surface area contributed by atoms with Crippen molar-refractivity contribution in [2.24, 2.45) is 11.5 Å². The van der Waals surface area contributed by atoms with E-state index in [1.807, 2.05) is 12.1 Å². The molecule has 0 unspecified atom stereocenters. The van der Waals surface area contributed by atoms with Crippen LogP contribution in [0.1, 0.15) is 26.3 Å². The number of primary amides is 1. The highest BCUT2D eigenvalue weighted by Gasteiger charge is 2.08. The topological polar surface area (TPSA) is 98.2 Å². The highest BCUT2D eigenvalue weighted by atomic mass is 16.2. The number of carbonyl (C=O) groups excluding carboxylic acids is 2. The maximum absolute atomic E-state index is 12.2. The van der Waals surface area contributed by atoms with Gasteiger partial charge in [-0.3, -0.25) is 9.59 Å². The molecule has 0 spiro atoms. The fourth-order valence-corrected chi connectivity index (χ4v) is 1.99. The Bertz CT molecular complexity index is 668. The molecule has 0 fully saturated rings. The Hall–Kier alpha value is -2.66. The van der Waals surface area contributed by atoms with Gasteiger partial charge in [-0.15, -0.1) is 0 Å². The molecule has 0 heterocycles. The summed E-state index contributed by atoms with van der Waals surface area (Å²) >= 11 is 0. The second-order valence-electron chi connectivity index (χ2n) is 4.64. The number of nitrogens with two attached hydrogens (primary N) is 2. The Kier molecular flexibility index (Phi) is 4.68. The van der Waals surface area contributed by atoms with Gasteiger partial charge in [-0.25, -0.2) is 0 Å². The van der Waals surface area contributed by atoms with E-state index in [2.05, 4.69) is 5.32 Å². The van der Waals surface area contributed by atoms with Crippen LogP contribution >= 0.6 is 0 Å². The van der Waals surface area contributed by atoms with Crippen molar-refractivity contribution < 1.29 is 9.59 Å². The molecule has 0 aliphatic heterocycles. The van der Waals surface area contributed by atoms with Crippen molar-refractivity contribution in [2.45, 2.75) is 6.42 Å². The van der Waals surface area contributed by atoms with Gasteiger partial charge < -0.3 is 16.8 Å². The number of benzene rings is 2. The lowest BCUT2D eigenvalue weighted by Crippen LogP contribution is -2.14. The van der Waals surface area contributed by atoms with Gasteiger partial charge in [0.25, 0.3) is 5.91 Å². The van der Waals surface area contributed by atoms with Gasteiger partial charge in [0.15, 0.2) is 0 Å². The lowest BCUT2D eigenvalue weighted by Gasteiger charge is -2.07. The minimum Gasteiger partial charge on any atom is -0.366 e. The minimum absolute atomic E-state index is 0.240. The number of carbonyl (C=O) groups is 2. The third-order valence-electron chi connectivity index (χ3n) is 3.03. The van der Waals surface area contributed by atoms with Crippen LogP contribution in [0.25, 0.3) is 0 Å². The maximum Gasteiger partial charge on any atom is 0.255 e. The predicted octanol–water partition coefficient (Wildman–Crippen LogP) is 1.54. The average molecular weight is 283 g/mol. The summed E-state index contributed by atoms with van der Waals surface area (Å²) < 4.78 is 0. The van der Waals surface area contributed by atoms with Crippen molar-refractivity contribution in [3.63, 3.8) is 0 Å². The lowest BCUT2D eigenvalue weighted by atomic mass is 10.1. The normalized spacial score (nSPS) is 10.1. The van der Waals surface area contributed by atoms with Gasteiger partial charge in [-0.05, 0) is 48.9 Å². The largest absolute Gasteiger partial charge is 0.366 e. The van der Waals surface area contributed by atoms with Crippen LogP contribution in [0.15, 0.2) is 48.5 Å². The van der Waals surface area contributed by atoms with E-state index in [0.717, 1.165) is 12.0 Å². The van der Waals surface area contributed by atoms with E-state index < -0.39 is 5.91 Å². The highest BCUT2D eigenvalue weighted by Crippen LogP contribution is 2.13. The minimum atomic E-state index is -0.531. The Morgan fingerprint density at radius 1 is 1.00 bits per heavy atom. The first-order valence-corrected chi connectivity index (χ1v) is 6.60. The molecule has 0 atom stereocenters. The summed E-state index contributed by atoms with van der Waals surface area (Å²) in [7, 11) is 0. The summed E-state index contributed by atoms with van der Waals surface area (Å²) in [6, 6.07) is 13.8. The van der Waals surface area contributed by atoms with E-state index in [0.29, 0.717) is 23.4 Å². The first kappa shape index (κ1) is 14.7.